The van der Waals surface area contributed by atoms with Crippen LogP contribution in [0.4, 0.5) is 5.69 Å². The first-order chi connectivity index (χ1) is 9.04. The van der Waals surface area contributed by atoms with Gasteiger partial charge in [-0.3, -0.25) is 10.1 Å². The molecule has 0 amide bonds. The molecule has 0 saturated carbocycles. The second-order valence-electron chi connectivity index (χ2n) is 4.72. The van der Waals surface area contributed by atoms with Crippen LogP contribution in [0.25, 0.3) is 0 Å². The first-order valence-electron chi connectivity index (χ1n) is 6.68. The number of benzene rings is 1. The van der Waals surface area contributed by atoms with Gasteiger partial charge in [-0.15, -0.1) is 0 Å². The Balaban J connectivity index is 2.55. The van der Waals surface area contributed by atoms with Gasteiger partial charge in [0, 0.05) is 12.1 Å². The van der Waals surface area contributed by atoms with Gasteiger partial charge < -0.3 is 10.1 Å². The zero-order valence-electron chi connectivity index (χ0n) is 11.8. The van der Waals surface area contributed by atoms with Crippen LogP contribution in [0.5, 0.6) is 5.75 Å². The number of hydrogen-bond donors (Lipinski definition) is 1. The van der Waals surface area contributed by atoms with Crippen molar-refractivity contribution in [3.8, 4) is 5.75 Å². The minimum atomic E-state index is -0.388. The van der Waals surface area contributed by atoms with Crippen molar-refractivity contribution in [3.05, 3.63) is 33.9 Å². The lowest BCUT2D eigenvalue weighted by Gasteiger charge is -2.10. The zero-order valence-corrected chi connectivity index (χ0v) is 11.8. The second-order valence-corrected chi connectivity index (χ2v) is 4.72. The van der Waals surface area contributed by atoms with Crippen molar-refractivity contribution in [2.24, 2.45) is 0 Å². The molecular formula is C14H22N2O3. The topological polar surface area (TPSA) is 64.4 Å². The van der Waals surface area contributed by atoms with E-state index in [2.05, 4.69) is 19.2 Å². The Morgan fingerprint density at radius 2 is 2.16 bits per heavy atom. The van der Waals surface area contributed by atoms with Gasteiger partial charge in [0.1, 0.15) is 0 Å². The highest BCUT2D eigenvalue weighted by molar-refractivity contribution is 5.48. The van der Waals surface area contributed by atoms with Gasteiger partial charge in [-0.25, -0.2) is 0 Å². The third kappa shape index (κ3) is 5.26. The highest BCUT2D eigenvalue weighted by atomic mass is 16.6. The van der Waals surface area contributed by atoms with Crippen LogP contribution in [0.2, 0.25) is 0 Å². The maximum absolute atomic E-state index is 11.0. The normalized spacial score (nSPS) is 10.7. The Kier molecular flexibility index (Phi) is 6.29. The Hall–Kier alpha value is -1.62. The molecule has 1 rings (SSSR count). The predicted octanol–water partition coefficient (Wildman–Crippen LogP) is 2.92. The Bertz CT molecular complexity index is 419. The fourth-order valence-corrected chi connectivity index (χ4v) is 1.69. The van der Waals surface area contributed by atoms with Crippen LogP contribution in [0, 0.1) is 10.1 Å². The van der Waals surface area contributed by atoms with E-state index in [0.29, 0.717) is 18.4 Å². The van der Waals surface area contributed by atoms with Crippen molar-refractivity contribution in [1.82, 2.24) is 5.32 Å². The van der Waals surface area contributed by atoms with E-state index in [-0.39, 0.29) is 10.6 Å². The van der Waals surface area contributed by atoms with E-state index >= 15 is 0 Å². The average Bonchev–Trinajstić information content (AvgIpc) is 2.38. The van der Waals surface area contributed by atoms with Crippen LogP contribution < -0.4 is 10.1 Å². The van der Waals surface area contributed by atoms with Gasteiger partial charge in [-0.05, 0) is 31.0 Å². The van der Waals surface area contributed by atoms with Crippen molar-refractivity contribution in [1.29, 1.82) is 0 Å². The van der Waals surface area contributed by atoms with Crippen LogP contribution in [0.3, 0.4) is 0 Å². The molecule has 0 bridgehead atoms. The summed E-state index contributed by atoms with van der Waals surface area (Å²) in [5.41, 5.74) is 0.997. The van der Waals surface area contributed by atoms with Gasteiger partial charge in [0.25, 0.3) is 0 Å². The molecule has 0 aliphatic rings. The monoisotopic (exact) mass is 266 g/mol. The fraction of sp³-hybridized carbons (Fsp3) is 0.571. The van der Waals surface area contributed by atoms with Gasteiger partial charge >= 0.3 is 5.69 Å². The molecule has 0 spiro atoms. The maximum Gasteiger partial charge on any atom is 0.311 e. The van der Waals surface area contributed by atoms with Crippen LogP contribution in [-0.2, 0) is 6.42 Å². The quantitative estimate of drug-likeness (QED) is 0.446. The molecule has 0 heterocycles. The van der Waals surface area contributed by atoms with E-state index < -0.39 is 0 Å². The first-order valence-corrected chi connectivity index (χ1v) is 6.68. The summed E-state index contributed by atoms with van der Waals surface area (Å²) in [6.07, 6.45) is 1.60. The van der Waals surface area contributed by atoms with Gasteiger partial charge in [0.2, 0.25) is 0 Å². The van der Waals surface area contributed by atoms with Crippen molar-refractivity contribution in [2.45, 2.75) is 39.7 Å². The number of rotatable bonds is 8. The van der Waals surface area contributed by atoms with Crippen molar-refractivity contribution in [3.63, 3.8) is 0 Å². The van der Waals surface area contributed by atoms with E-state index in [1.165, 1.54) is 0 Å². The summed E-state index contributed by atoms with van der Waals surface area (Å²) < 4.78 is 5.50. The van der Waals surface area contributed by atoms with Crippen molar-refractivity contribution < 1.29 is 9.66 Å². The summed E-state index contributed by atoms with van der Waals surface area (Å²) in [6, 6.07) is 5.58. The molecule has 0 aliphatic carbocycles. The lowest BCUT2D eigenvalue weighted by Crippen LogP contribution is -2.24. The summed E-state index contributed by atoms with van der Waals surface area (Å²) >= 11 is 0. The van der Waals surface area contributed by atoms with E-state index in [1.807, 2.05) is 13.0 Å². The van der Waals surface area contributed by atoms with Gasteiger partial charge in [-0.1, -0.05) is 26.8 Å². The SMILES string of the molecule is CCc1ccc(OCCCNC(C)C)c([N+](=O)[O-])c1. The number of nitro groups is 1. The van der Waals surface area contributed by atoms with Gasteiger partial charge in [0.05, 0.1) is 11.5 Å². The Morgan fingerprint density at radius 3 is 2.74 bits per heavy atom. The summed E-state index contributed by atoms with van der Waals surface area (Å²) in [5.74, 6) is 0.353. The molecule has 1 aromatic rings. The molecule has 0 fully saturated rings. The molecule has 0 aliphatic heterocycles. The molecule has 5 heteroatoms. The van der Waals surface area contributed by atoms with Gasteiger partial charge in [-0.2, -0.15) is 0 Å². The second kappa shape index (κ2) is 7.74. The number of ether oxygens (including phenoxy) is 1. The van der Waals surface area contributed by atoms with Crippen LogP contribution in [0.1, 0.15) is 32.8 Å². The molecule has 0 radical (unpaired) electrons. The van der Waals surface area contributed by atoms with Crippen LogP contribution >= 0.6 is 0 Å². The molecule has 5 nitrogen and oxygen atoms in total. The highest BCUT2D eigenvalue weighted by Crippen LogP contribution is 2.28. The number of nitro benzene ring substituents is 1. The minimum absolute atomic E-state index is 0.0520. The van der Waals surface area contributed by atoms with Crippen LogP contribution in [0.15, 0.2) is 18.2 Å². The predicted molar refractivity (Wildman–Crippen MR) is 75.7 cm³/mol. The molecule has 106 valence electrons. The van der Waals surface area contributed by atoms with E-state index in [0.717, 1.165) is 24.9 Å². The number of aryl methyl sites for hydroxylation is 1. The summed E-state index contributed by atoms with van der Waals surface area (Å²) in [6.45, 7) is 7.45. The third-order valence-electron chi connectivity index (χ3n) is 2.76. The van der Waals surface area contributed by atoms with Crippen molar-refractivity contribution in [2.75, 3.05) is 13.2 Å². The molecular weight excluding hydrogens is 244 g/mol. The van der Waals surface area contributed by atoms with Crippen molar-refractivity contribution >= 4 is 5.69 Å². The summed E-state index contributed by atoms with van der Waals surface area (Å²) in [4.78, 5) is 10.6. The average molecular weight is 266 g/mol. The molecule has 0 unspecified atom stereocenters. The Labute approximate surface area is 114 Å². The van der Waals surface area contributed by atoms with E-state index in [1.54, 1.807) is 12.1 Å². The molecule has 1 aromatic carbocycles. The van der Waals surface area contributed by atoms with E-state index in [9.17, 15) is 10.1 Å². The smallest absolute Gasteiger partial charge is 0.311 e. The molecule has 1 N–H and O–H groups in total. The van der Waals surface area contributed by atoms with Gasteiger partial charge in [0.15, 0.2) is 5.75 Å². The largest absolute Gasteiger partial charge is 0.487 e. The zero-order chi connectivity index (χ0) is 14.3. The lowest BCUT2D eigenvalue weighted by atomic mass is 10.1. The number of hydrogen-bond acceptors (Lipinski definition) is 4. The fourth-order valence-electron chi connectivity index (χ4n) is 1.69. The van der Waals surface area contributed by atoms with E-state index in [4.69, 9.17) is 4.74 Å². The number of nitrogens with zero attached hydrogens (tertiary/aromatic N) is 1. The van der Waals surface area contributed by atoms with Crippen LogP contribution in [-0.4, -0.2) is 24.1 Å². The third-order valence-corrected chi connectivity index (χ3v) is 2.76. The standard InChI is InChI=1S/C14H22N2O3/c1-4-12-6-7-14(13(10-12)16(17)18)19-9-5-8-15-11(2)3/h6-7,10-11,15H,4-5,8-9H2,1-3H3. The summed E-state index contributed by atoms with van der Waals surface area (Å²) in [7, 11) is 0. The number of nitrogens with one attached hydrogen (secondary N) is 1. The first kappa shape index (κ1) is 15.4. The maximum atomic E-state index is 11.0. The molecule has 19 heavy (non-hydrogen) atoms. The minimum Gasteiger partial charge on any atom is -0.487 e. The molecule has 0 saturated heterocycles. The molecule has 0 aromatic heterocycles. The molecule has 0 atom stereocenters. The summed E-state index contributed by atoms with van der Waals surface area (Å²) in [5, 5.41) is 14.3. The Morgan fingerprint density at radius 1 is 1.42 bits per heavy atom. The highest BCUT2D eigenvalue weighted by Gasteiger charge is 2.15. The lowest BCUT2D eigenvalue weighted by molar-refractivity contribution is -0.385.